The number of hydrogen-bond acceptors (Lipinski definition) is 5. The van der Waals surface area contributed by atoms with Gasteiger partial charge in [0.15, 0.2) is 0 Å². The third-order valence-corrected chi connectivity index (χ3v) is 5.52. The van der Waals surface area contributed by atoms with Gasteiger partial charge in [0.05, 0.1) is 22.5 Å². The van der Waals surface area contributed by atoms with E-state index in [0.29, 0.717) is 12.4 Å². The maximum Gasteiger partial charge on any atom is 0.297 e. The van der Waals surface area contributed by atoms with E-state index in [9.17, 15) is 18.5 Å². The zero-order chi connectivity index (χ0) is 18.6. The molecule has 8 heteroatoms. The summed E-state index contributed by atoms with van der Waals surface area (Å²) in [4.78, 5) is 10.9. The van der Waals surface area contributed by atoms with Crippen molar-refractivity contribution in [2.45, 2.75) is 25.7 Å². The number of nitro groups is 1. The number of benzene rings is 2. The molecule has 2 rings (SSSR count). The average molecular weight is 364 g/mol. The van der Waals surface area contributed by atoms with Crippen LogP contribution >= 0.6 is 0 Å². The van der Waals surface area contributed by atoms with E-state index in [4.69, 9.17) is 4.74 Å². The molecular weight excluding hydrogens is 344 g/mol. The van der Waals surface area contributed by atoms with E-state index in [2.05, 4.69) is 0 Å². The number of anilines is 1. The summed E-state index contributed by atoms with van der Waals surface area (Å²) >= 11 is 0. The molecular formula is C17H20N2O5S. The van der Waals surface area contributed by atoms with Gasteiger partial charge in [-0.15, -0.1) is 0 Å². The Balaban J connectivity index is 2.56. The monoisotopic (exact) mass is 364 g/mol. The van der Waals surface area contributed by atoms with E-state index in [1.807, 2.05) is 6.92 Å². The van der Waals surface area contributed by atoms with Crippen LogP contribution < -0.4 is 9.04 Å². The summed E-state index contributed by atoms with van der Waals surface area (Å²) in [7, 11) is -3.91. The van der Waals surface area contributed by atoms with Crippen LogP contribution in [-0.4, -0.2) is 26.5 Å². The van der Waals surface area contributed by atoms with Gasteiger partial charge < -0.3 is 4.74 Å². The molecule has 0 amide bonds. The molecule has 0 atom stereocenters. The zero-order valence-corrected chi connectivity index (χ0v) is 15.1. The van der Waals surface area contributed by atoms with Crippen molar-refractivity contribution in [1.29, 1.82) is 0 Å². The van der Waals surface area contributed by atoms with Crippen LogP contribution in [0.1, 0.15) is 19.4 Å². The molecule has 0 aliphatic rings. The molecule has 0 saturated heterocycles. The lowest BCUT2D eigenvalue weighted by Crippen LogP contribution is -2.31. The van der Waals surface area contributed by atoms with E-state index in [0.717, 1.165) is 9.87 Å². The van der Waals surface area contributed by atoms with Crippen LogP contribution in [0, 0.1) is 17.0 Å². The lowest BCUT2D eigenvalue weighted by atomic mass is 10.2. The predicted molar refractivity (Wildman–Crippen MR) is 95.7 cm³/mol. The zero-order valence-electron chi connectivity index (χ0n) is 14.3. The third-order valence-electron chi connectivity index (χ3n) is 3.62. The maximum absolute atomic E-state index is 12.9. The Morgan fingerprint density at radius 2 is 1.76 bits per heavy atom. The number of nitro benzene ring substituents is 1. The number of hydrogen-bond donors (Lipinski definition) is 0. The van der Waals surface area contributed by atoms with E-state index < -0.39 is 14.9 Å². The molecule has 0 saturated carbocycles. The van der Waals surface area contributed by atoms with E-state index in [1.165, 1.54) is 30.3 Å². The fraction of sp³-hybridized carbons (Fsp3) is 0.294. The van der Waals surface area contributed by atoms with E-state index >= 15 is 0 Å². The summed E-state index contributed by atoms with van der Waals surface area (Å²) in [6.07, 6.45) is 0. The molecule has 25 heavy (non-hydrogen) atoms. The summed E-state index contributed by atoms with van der Waals surface area (Å²) in [5.74, 6) is 0.321. The van der Waals surface area contributed by atoms with Crippen LogP contribution in [-0.2, 0) is 10.0 Å². The average Bonchev–Trinajstić information content (AvgIpc) is 2.57. The molecule has 0 aromatic heterocycles. The van der Waals surface area contributed by atoms with Gasteiger partial charge in [0, 0.05) is 6.54 Å². The topological polar surface area (TPSA) is 89.8 Å². The normalized spacial score (nSPS) is 11.2. The van der Waals surface area contributed by atoms with Crippen LogP contribution in [0.15, 0.2) is 47.4 Å². The highest BCUT2D eigenvalue weighted by Gasteiger charge is 2.29. The second-order valence-corrected chi connectivity index (χ2v) is 7.19. The van der Waals surface area contributed by atoms with Crippen molar-refractivity contribution in [2.75, 3.05) is 17.5 Å². The fourth-order valence-corrected chi connectivity index (χ4v) is 3.91. The summed E-state index contributed by atoms with van der Waals surface area (Å²) in [6, 6.07) is 10.5. The molecule has 0 heterocycles. The first-order valence-corrected chi connectivity index (χ1v) is 9.26. The summed E-state index contributed by atoms with van der Waals surface area (Å²) in [5.41, 5.74) is 0.620. The first kappa shape index (κ1) is 18.7. The Kier molecular flexibility index (Phi) is 5.63. The largest absolute Gasteiger partial charge is 0.494 e. The Hall–Kier alpha value is -2.61. The van der Waals surface area contributed by atoms with Crippen LogP contribution in [0.3, 0.4) is 0 Å². The Labute approximate surface area is 147 Å². The van der Waals surface area contributed by atoms with Gasteiger partial charge in [0.2, 0.25) is 0 Å². The lowest BCUT2D eigenvalue weighted by Gasteiger charge is -2.23. The maximum atomic E-state index is 12.9. The quantitative estimate of drug-likeness (QED) is 0.554. The molecule has 0 bridgehead atoms. The number of aryl methyl sites for hydroxylation is 1. The Morgan fingerprint density at radius 1 is 1.12 bits per heavy atom. The highest BCUT2D eigenvalue weighted by atomic mass is 32.2. The minimum atomic E-state index is -3.91. The molecule has 0 aliphatic heterocycles. The Bertz CT molecular complexity index is 863. The third kappa shape index (κ3) is 3.90. The van der Waals surface area contributed by atoms with Crippen molar-refractivity contribution < 1.29 is 18.1 Å². The van der Waals surface area contributed by atoms with Gasteiger partial charge in [-0.25, -0.2) is 8.42 Å². The van der Waals surface area contributed by atoms with Crippen molar-refractivity contribution in [3.8, 4) is 5.75 Å². The van der Waals surface area contributed by atoms with Gasteiger partial charge in [0.25, 0.3) is 15.7 Å². The van der Waals surface area contributed by atoms with Gasteiger partial charge in [-0.1, -0.05) is 17.7 Å². The first-order chi connectivity index (χ1) is 11.8. The SMILES string of the molecule is CCOc1ccc(N(CC)S(=O)(=O)c2ccc(C)cc2)c([N+](=O)[O-])c1. The van der Waals surface area contributed by atoms with Crippen molar-refractivity contribution in [3.63, 3.8) is 0 Å². The summed E-state index contributed by atoms with van der Waals surface area (Å²) in [5, 5.41) is 11.4. The van der Waals surface area contributed by atoms with E-state index in [-0.39, 0.29) is 22.8 Å². The number of nitrogens with zero attached hydrogens (tertiary/aromatic N) is 2. The smallest absolute Gasteiger partial charge is 0.297 e. The number of sulfonamides is 1. The molecule has 0 aliphatic carbocycles. The molecule has 0 spiro atoms. The van der Waals surface area contributed by atoms with Gasteiger partial charge in [0.1, 0.15) is 11.4 Å². The van der Waals surface area contributed by atoms with Gasteiger partial charge >= 0.3 is 0 Å². The van der Waals surface area contributed by atoms with Crippen LogP contribution in [0.25, 0.3) is 0 Å². The van der Waals surface area contributed by atoms with E-state index in [1.54, 1.807) is 26.0 Å². The molecule has 0 unspecified atom stereocenters. The summed E-state index contributed by atoms with van der Waals surface area (Å²) in [6.45, 7) is 5.66. The second kappa shape index (κ2) is 7.52. The fourth-order valence-electron chi connectivity index (χ4n) is 2.42. The molecule has 0 fully saturated rings. The van der Waals surface area contributed by atoms with Gasteiger partial charge in [-0.05, 0) is 45.0 Å². The van der Waals surface area contributed by atoms with Crippen LogP contribution in [0.4, 0.5) is 11.4 Å². The highest BCUT2D eigenvalue weighted by Crippen LogP contribution is 2.35. The van der Waals surface area contributed by atoms with Gasteiger partial charge in [-0.2, -0.15) is 0 Å². The molecule has 2 aromatic carbocycles. The second-order valence-electron chi connectivity index (χ2n) is 5.32. The number of rotatable bonds is 7. The van der Waals surface area contributed by atoms with Crippen molar-refractivity contribution in [1.82, 2.24) is 0 Å². The van der Waals surface area contributed by atoms with Crippen molar-refractivity contribution >= 4 is 21.4 Å². The highest BCUT2D eigenvalue weighted by molar-refractivity contribution is 7.92. The van der Waals surface area contributed by atoms with Crippen LogP contribution in [0.2, 0.25) is 0 Å². The predicted octanol–water partition coefficient (Wildman–Crippen LogP) is 3.52. The molecule has 134 valence electrons. The molecule has 7 nitrogen and oxygen atoms in total. The van der Waals surface area contributed by atoms with Crippen molar-refractivity contribution in [3.05, 3.63) is 58.1 Å². The molecule has 0 radical (unpaired) electrons. The lowest BCUT2D eigenvalue weighted by molar-refractivity contribution is -0.384. The standard InChI is InChI=1S/C17H20N2O5S/c1-4-18(25(22,23)15-9-6-13(3)7-10-15)16-11-8-14(24-5-2)12-17(16)19(20)21/h6-12H,4-5H2,1-3H3. The minimum Gasteiger partial charge on any atom is -0.494 e. The minimum absolute atomic E-state index is 0.0107. The summed E-state index contributed by atoms with van der Waals surface area (Å²) < 4.78 is 32.2. The van der Waals surface area contributed by atoms with Gasteiger partial charge in [-0.3, -0.25) is 14.4 Å². The van der Waals surface area contributed by atoms with Crippen molar-refractivity contribution in [2.24, 2.45) is 0 Å². The molecule has 2 aromatic rings. The number of ether oxygens (including phenoxy) is 1. The first-order valence-electron chi connectivity index (χ1n) is 7.82. The van der Waals surface area contributed by atoms with Crippen LogP contribution in [0.5, 0.6) is 5.75 Å². The Morgan fingerprint density at radius 3 is 2.28 bits per heavy atom. The molecule has 0 N–H and O–H groups in total.